The van der Waals surface area contributed by atoms with Crippen molar-refractivity contribution < 1.29 is 0 Å². The minimum Gasteiger partial charge on any atom is -0.313 e. The van der Waals surface area contributed by atoms with Gasteiger partial charge in [0.1, 0.15) is 0 Å². The van der Waals surface area contributed by atoms with Crippen LogP contribution in [0, 0.1) is 0 Å². The molecule has 0 aliphatic carbocycles. The zero-order chi connectivity index (χ0) is 8.81. The van der Waals surface area contributed by atoms with Gasteiger partial charge in [-0.1, -0.05) is 17.7 Å². The van der Waals surface area contributed by atoms with Crippen LogP contribution in [0.3, 0.4) is 0 Å². The maximum absolute atomic E-state index is 5.44. The lowest BCUT2D eigenvalue weighted by Crippen LogP contribution is -2.35. The number of hydrogen-bond acceptors (Lipinski definition) is 2. The van der Waals surface area contributed by atoms with Crippen LogP contribution in [0.4, 0.5) is 0 Å². The van der Waals surface area contributed by atoms with Gasteiger partial charge >= 0.3 is 0 Å². The summed E-state index contributed by atoms with van der Waals surface area (Å²) in [7, 11) is 2.12. The van der Waals surface area contributed by atoms with Crippen molar-refractivity contribution in [3.05, 3.63) is 11.6 Å². The SMILES string of the molecule is CN(C/C=C/Cl)CC1CCCN1. The fourth-order valence-electron chi connectivity index (χ4n) is 1.58. The van der Waals surface area contributed by atoms with Gasteiger partial charge in [0.2, 0.25) is 0 Å². The second-order valence-electron chi connectivity index (χ2n) is 3.38. The third-order valence-electron chi connectivity index (χ3n) is 2.20. The first-order valence-electron chi connectivity index (χ1n) is 4.50. The molecule has 0 aromatic rings. The molecule has 1 unspecified atom stereocenters. The molecule has 1 aliphatic rings. The molecule has 1 rings (SSSR count). The van der Waals surface area contributed by atoms with Gasteiger partial charge in [-0.25, -0.2) is 0 Å². The molecule has 12 heavy (non-hydrogen) atoms. The number of halogens is 1. The van der Waals surface area contributed by atoms with E-state index in [1.807, 2.05) is 6.08 Å². The first-order chi connectivity index (χ1) is 5.83. The lowest BCUT2D eigenvalue weighted by atomic mass is 10.2. The molecular weight excluding hydrogens is 172 g/mol. The number of hydrogen-bond donors (Lipinski definition) is 1. The van der Waals surface area contributed by atoms with Gasteiger partial charge in [0, 0.05) is 24.7 Å². The quantitative estimate of drug-likeness (QED) is 0.718. The summed E-state index contributed by atoms with van der Waals surface area (Å²) in [5.74, 6) is 0. The van der Waals surface area contributed by atoms with Crippen LogP contribution in [0.15, 0.2) is 11.6 Å². The first-order valence-corrected chi connectivity index (χ1v) is 4.93. The average Bonchev–Trinajstić information content (AvgIpc) is 2.53. The minimum absolute atomic E-state index is 0.693. The van der Waals surface area contributed by atoms with E-state index >= 15 is 0 Å². The fraction of sp³-hybridized carbons (Fsp3) is 0.778. The molecule has 0 saturated carbocycles. The van der Waals surface area contributed by atoms with E-state index in [1.165, 1.54) is 19.4 Å². The molecule has 1 heterocycles. The molecule has 0 radical (unpaired) electrons. The summed E-state index contributed by atoms with van der Waals surface area (Å²) in [6.45, 7) is 3.26. The van der Waals surface area contributed by atoms with Crippen LogP contribution in [-0.2, 0) is 0 Å². The normalized spacial score (nSPS) is 24.4. The molecule has 1 N–H and O–H groups in total. The second kappa shape index (κ2) is 5.57. The lowest BCUT2D eigenvalue weighted by molar-refractivity contribution is 0.328. The van der Waals surface area contributed by atoms with Crippen molar-refractivity contribution in [3.8, 4) is 0 Å². The van der Waals surface area contributed by atoms with Crippen molar-refractivity contribution in [2.24, 2.45) is 0 Å². The zero-order valence-corrected chi connectivity index (χ0v) is 8.35. The lowest BCUT2D eigenvalue weighted by Gasteiger charge is -2.19. The Morgan fingerprint density at radius 1 is 1.67 bits per heavy atom. The number of nitrogens with one attached hydrogen (secondary N) is 1. The highest BCUT2D eigenvalue weighted by Crippen LogP contribution is 2.05. The van der Waals surface area contributed by atoms with Crippen molar-refractivity contribution in [3.63, 3.8) is 0 Å². The molecule has 0 amide bonds. The van der Waals surface area contributed by atoms with E-state index in [1.54, 1.807) is 5.54 Å². The molecule has 1 aliphatic heterocycles. The highest BCUT2D eigenvalue weighted by molar-refractivity contribution is 6.25. The van der Waals surface area contributed by atoms with Gasteiger partial charge in [0.15, 0.2) is 0 Å². The third-order valence-corrected chi connectivity index (χ3v) is 2.38. The largest absolute Gasteiger partial charge is 0.313 e. The van der Waals surface area contributed by atoms with Crippen LogP contribution in [0.2, 0.25) is 0 Å². The highest BCUT2D eigenvalue weighted by Gasteiger charge is 2.14. The number of rotatable bonds is 4. The van der Waals surface area contributed by atoms with Crippen molar-refractivity contribution in [1.82, 2.24) is 10.2 Å². The summed E-state index contributed by atoms with van der Waals surface area (Å²) >= 11 is 5.44. The molecule has 1 fully saturated rings. The maximum Gasteiger partial charge on any atom is 0.0195 e. The van der Waals surface area contributed by atoms with Gasteiger partial charge in [0.05, 0.1) is 0 Å². The standard InChI is InChI=1S/C9H17ClN2/c1-12(7-3-5-10)8-9-4-2-6-11-9/h3,5,9,11H,2,4,6-8H2,1H3/b5-3+. The van der Waals surface area contributed by atoms with E-state index < -0.39 is 0 Å². The number of likely N-dealkylation sites (N-methyl/N-ethyl adjacent to an activating group) is 1. The molecule has 2 nitrogen and oxygen atoms in total. The van der Waals surface area contributed by atoms with Gasteiger partial charge < -0.3 is 10.2 Å². The van der Waals surface area contributed by atoms with Crippen molar-refractivity contribution in [2.45, 2.75) is 18.9 Å². The molecule has 0 spiro atoms. The Labute approximate surface area is 79.6 Å². The van der Waals surface area contributed by atoms with Crippen molar-refractivity contribution >= 4 is 11.6 Å². The summed E-state index contributed by atoms with van der Waals surface area (Å²) < 4.78 is 0. The van der Waals surface area contributed by atoms with Gasteiger partial charge in [-0.15, -0.1) is 0 Å². The number of nitrogens with zero attached hydrogens (tertiary/aromatic N) is 1. The molecule has 70 valence electrons. The third kappa shape index (κ3) is 3.57. The zero-order valence-electron chi connectivity index (χ0n) is 7.59. The Hall–Kier alpha value is -0.0500. The van der Waals surface area contributed by atoms with Crippen LogP contribution in [-0.4, -0.2) is 37.6 Å². The van der Waals surface area contributed by atoms with Crippen LogP contribution in [0.1, 0.15) is 12.8 Å². The Morgan fingerprint density at radius 2 is 2.50 bits per heavy atom. The van der Waals surface area contributed by atoms with Gasteiger partial charge in [-0.3, -0.25) is 0 Å². The monoisotopic (exact) mass is 188 g/mol. The maximum atomic E-state index is 5.44. The first kappa shape index (κ1) is 10.0. The van der Waals surface area contributed by atoms with Crippen LogP contribution in [0.5, 0.6) is 0 Å². The predicted octanol–water partition coefficient (Wildman–Crippen LogP) is 1.42. The summed E-state index contributed by atoms with van der Waals surface area (Å²) in [5, 5.41) is 3.47. The van der Waals surface area contributed by atoms with Gasteiger partial charge in [0.25, 0.3) is 0 Å². The van der Waals surface area contributed by atoms with E-state index in [4.69, 9.17) is 11.6 Å². The molecule has 0 aromatic heterocycles. The molecule has 3 heteroatoms. The summed E-state index contributed by atoms with van der Waals surface area (Å²) in [5.41, 5.74) is 1.58. The topological polar surface area (TPSA) is 15.3 Å². The van der Waals surface area contributed by atoms with Crippen molar-refractivity contribution in [1.29, 1.82) is 0 Å². The van der Waals surface area contributed by atoms with Crippen LogP contribution < -0.4 is 5.32 Å². The van der Waals surface area contributed by atoms with Gasteiger partial charge in [-0.2, -0.15) is 0 Å². The summed E-state index contributed by atoms with van der Waals surface area (Å²) in [4.78, 5) is 2.28. The molecule has 0 bridgehead atoms. The highest BCUT2D eigenvalue weighted by atomic mass is 35.5. The second-order valence-corrected chi connectivity index (χ2v) is 3.63. The van der Waals surface area contributed by atoms with Crippen molar-refractivity contribution in [2.75, 3.05) is 26.7 Å². The summed E-state index contributed by atoms with van der Waals surface area (Å²) in [6, 6.07) is 0.693. The Bertz CT molecular complexity index is 141. The average molecular weight is 189 g/mol. The van der Waals surface area contributed by atoms with E-state index in [2.05, 4.69) is 17.3 Å². The van der Waals surface area contributed by atoms with E-state index in [0.717, 1.165) is 13.1 Å². The van der Waals surface area contributed by atoms with Gasteiger partial charge in [-0.05, 0) is 26.4 Å². The van der Waals surface area contributed by atoms with E-state index in [0.29, 0.717) is 6.04 Å². The van der Waals surface area contributed by atoms with Crippen LogP contribution in [0.25, 0.3) is 0 Å². The predicted molar refractivity (Wildman–Crippen MR) is 53.5 cm³/mol. The Kier molecular flexibility index (Phi) is 4.66. The molecular formula is C9H17ClN2. The smallest absolute Gasteiger partial charge is 0.0195 e. The molecule has 0 aromatic carbocycles. The minimum atomic E-state index is 0.693. The van der Waals surface area contributed by atoms with E-state index in [-0.39, 0.29) is 0 Å². The van der Waals surface area contributed by atoms with E-state index in [9.17, 15) is 0 Å². The Morgan fingerprint density at radius 3 is 3.08 bits per heavy atom. The fourth-order valence-corrected chi connectivity index (χ4v) is 1.66. The molecule has 1 saturated heterocycles. The van der Waals surface area contributed by atoms with Crippen LogP contribution >= 0.6 is 11.6 Å². The Balaban J connectivity index is 2.11. The summed E-state index contributed by atoms with van der Waals surface area (Å²) in [6.07, 6.45) is 4.61. The molecule has 1 atom stereocenters.